The summed E-state index contributed by atoms with van der Waals surface area (Å²) in [5.74, 6) is 1.24. The summed E-state index contributed by atoms with van der Waals surface area (Å²) in [6.07, 6.45) is 2.48. The van der Waals surface area contributed by atoms with E-state index in [1.807, 2.05) is 84.2 Å². The number of amides is 1. The number of nitrogens with one attached hydrogen (secondary N) is 2. The number of carbonyl (C=O) groups is 1. The summed E-state index contributed by atoms with van der Waals surface area (Å²) in [6, 6.07) is 25.7. The number of thiazole rings is 1. The molecule has 36 heavy (non-hydrogen) atoms. The lowest BCUT2D eigenvalue weighted by atomic mass is 9.97. The largest absolute Gasteiger partial charge is 0.493 e. The molecule has 1 aromatic heterocycles. The highest BCUT2D eigenvalue weighted by Crippen LogP contribution is 2.27. The van der Waals surface area contributed by atoms with Crippen LogP contribution < -0.4 is 20.1 Å². The molecule has 0 saturated heterocycles. The predicted octanol–water partition coefficient (Wildman–Crippen LogP) is 5.56. The van der Waals surface area contributed by atoms with Crippen LogP contribution in [-0.2, 0) is 17.8 Å². The minimum atomic E-state index is -0.208. The lowest BCUT2D eigenvalue weighted by molar-refractivity contribution is -0.111. The quantitative estimate of drug-likeness (QED) is 0.209. The average molecular weight is 500 g/mol. The Balaban J connectivity index is 1.33. The third-order valence-electron chi connectivity index (χ3n) is 5.57. The summed E-state index contributed by atoms with van der Waals surface area (Å²) in [7, 11) is 3.27. The van der Waals surface area contributed by atoms with Gasteiger partial charge in [-0.3, -0.25) is 10.1 Å². The summed E-state index contributed by atoms with van der Waals surface area (Å²) in [4.78, 5) is 17.4. The Morgan fingerprint density at radius 2 is 1.58 bits per heavy atom. The fraction of sp³-hybridized carbons (Fsp3) is 0.172. The predicted molar refractivity (Wildman–Crippen MR) is 146 cm³/mol. The molecule has 1 amide bonds. The zero-order chi connectivity index (χ0) is 25.2. The molecule has 3 aromatic carbocycles. The summed E-state index contributed by atoms with van der Waals surface area (Å²) in [5.41, 5.74) is 4.88. The van der Waals surface area contributed by atoms with Crippen molar-refractivity contribution in [3.8, 4) is 11.5 Å². The van der Waals surface area contributed by atoms with Gasteiger partial charge in [0.25, 0.3) is 5.91 Å². The number of anilines is 1. The highest BCUT2D eigenvalue weighted by atomic mass is 32.1. The van der Waals surface area contributed by atoms with E-state index >= 15 is 0 Å². The van der Waals surface area contributed by atoms with Crippen LogP contribution in [0, 0.1) is 0 Å². The molecule has 0 fully saturated rings. The zero-order valence-electron chi connectivity index (χ0n) is 20.4. The molecule has 0 aliphatic rings. The van der Waals surface area contributed by atoms with E-state index in [2.05, 4.69) is 15.6 Å². The minimum absolute atomic E-state index is 0.208. The third kappa shape index (κ3) is 6.81. The normalized spacial score (nSPS) is 10.5. The van der Waals surface area contributed by atoms with E-state index in [1.165, 1.54) is 11.3 Å². The summed E-state index contributed by atoms with van der Waals surface area (Å²) in [5, 5.41) is 8.85. The molecule has 1 heterocycles. The molecule has 6 nitrogen and oxygen atoms in total. The van der Waals surface area contributed by atoms with Gasteiger partial charge in [-0.15, -0.1) is 11.3 Å². The highest BCUT2D eigenvalue weighted by Gasteiger charge is 2.10. The van der Waals surface area contributed by atoms with E-state index in [1.54, 1.807) is 20.3 Å². The molecular weight excluding hydrogens is 470 g/mol. The van der Waals surface area contributed by atoms with Crippen molar-refractivity contribution in [3.63, 3.8) is 0 Å². The Kier molecular flexibility index (Phi) is 8.86. The Bertz CT molecular complexity index is 1260. The molecule has 4 aromatic rings. The van der Waals surface area contributed by atoms with Crippen LogP contribution in [0.25, 0.3) is 5.57 Å². The molecule has 0 aliphatic carbocycles. The Hall–Kier alpha value is -3.94. The van der Waals surface area contributed by atoms with E-state index < -0.39 is 0 Å². The zero-order valence-corrected chi connectivity index (χ0v) is 21.2. The number of rotatable bonds is 11. The average Bonchev–Trinajstić information content (AvgIpc) is 3.37. The maximum Gasteiger partial charge on any atom is 0.250 e. The Morgan fingerprint density at radius 3 is 2.22 bits per heavy atom. The van der Waals surface area contributed by atoms with Crippen LogP contribution in [0.3, 0.4) is 0 Å². The van der Waals surface area contributed by atoms with Crippen LogP contribution in [-0.4, -0.2) is 31.7 Å². The van der Waals surface area contributed by atoms with Crippen molar-refractivity contribution >= 4 is 27.9 Å². The molecule has 0 aliphatic heterocycles. The van der Waals surface area contributed by atoms with E-state index in [-0.39, 0.29) is 5.91 Å². The van der Waals surface area contributed by atoms with Gasteiger partial charge in [-0.1, -0.05) is 66.7 Å². The van der Waals surface area contributed by atoms with Gasteiger partial charge in [0.2, 0.25) is 0 Å². The van der Waals surface area contributed by atoms with Crippen LogP contribution >= 0.6 is 11.3 Å². The van der Waals surface area contributed by atoms with Crippen molar-refractivity contribution in [1.82, 2.24) is 10.3 Å². The maximum absolute atomic E-state index is 12.8. The number of hydrogen-bond acceptors (Lipinski definition) is 6. The fourth-order valence-corrected chi connectivity index (χ4v) is 4.49. The van der Waals surface area contributed by atoms with Crippen LogP contribution in [0.4, 0.5) is 5.13 Å². The molecule has 0 radical (unpaired) electrons. The van der Waals surface area contributed by atoms with Crippen molar-refractivity contribution in [2.24, 2.45) is 0 Å². The molecule has 184 valence electrons. The van der Waals surface area contributed by atoms with Gasteiger partial charge in [0, 0.05) is 18.0 Å². The van der Waals surface area contributed by atoms with E-state index in [9.17, 15) is 4.79 Å². The smallest absolute Gasteiger partial charge is 0.250 e. The van der Waals surface area contributed by atoms with Gasteiger partial charge in [-0.05, 0) is 47.4 Å². The molecule has 4 rings (SSSR count). The Morgan fingerprint density at radius 1 is 0.917 bits per heavy atom. The van der Waals surface area contributed by atoms with Gasteiger partial charge in [0.15, 0.2) is 16.6 Å². The second kappa shape index (κ2) is 12.7. The first-order valence-electron chi connectivity index (χ1n) is 11.7. The number of carbonyl (C=O) groups excluding carboxylic acids is 1. The molecule has 2 N–H and O–H groups in total. The molecule has 0 saturated carbocycles. The number of methoxy groups -OCH3 is 2. The lowest BCUT2D eigenvalue weighted by Gasteiger charge is -2.09. The van der Waals surface area contributed by atoms with E-state index in [0.29, 0.717) is 11.7 Å². The number of nitrogens with zero attached hydrogens (tertiary/aromatic N) is 1. The summed E-state index contributed by atoms with van der Waals surface area (Å²) < 4.78 is 10.7. The van der Waals surface area contributed by atoms with Crippen LogP contribution in [0.15, 0.2) is 90.3 Å². The SMILES string of the molecule is COc1ccc(CCNCc2csc(NC(=O)C=C(c3ccccc3)c3ccccc3)n2)cc1OC. The van der Waals surface area contributed by atoms with Crippen LogP contribution in [0.1, 0.15) is 22.4 Å². The van der Waals surface area contributed by atoms with Crippen LogP contribution in [0.2, 0.25) is 0 Å². The minimum Gasteiger partial charge on any atom is -0.493 e. The Labute approximate surface area is 215 Å². The number of benzene rings is 3. The van der Waals surface area contributed by atoms with Gasteiger partial charge in [-0.2, -0.15) is 0 Å². The van der Waals surface area contributed by atoms with Gasteiger partial charge in [0.1, 0.15) is 0 Å². The molecular formula is C29H29N3O3S. The van der Waals surface area contributed by atoms with Gasteiger partial charge in [-0.25, -0.2) is 4.98 Å². The van der Waals surface area contributed by atoms with Gasteiger partial charge < -0.3 is 14.8 Å². The fourth-order valence-electron chi connectivity index (χ4n) is 3.77. The van der Waals surface area contributed by atoms with Crippen molar-refractivity contribution in [1.29, 1.82) is 0 Å². The van der Waals surface area contributed by atoms with Crippen molar-refractivity contribution in [2.45, 2.75) is 13.0 Å². The second-order valence-corrected chi connectivity index (χ2v) is 8.90. The van der Waals surface area contributed by atoms with E-state index in [4.69, 9.17) is 9.47 Å². The molecule has 0 unspecified atom stereocenters. The molecule has 0 spiro atoms. The molecule has 0 atom stereocenters. The van der Waals surface area contributed by atoms with Crippen LogP contribution in [0.5, 0.6) is 11.5 Å². The second-order valence-electron chi connectivity index (χ2n) is 8.04. The van der Waals surface area contributed by atoms with Gasteiger partial charge >= 0.3 is 0 Å². The first-order chi connectivity index (χ1) is 17.7. The molecule has 7 heteroatoms. The standard InChI is InChI=1S/C29H29N3O3S/c1-34-26-14-13-21(17-27(26)35-2)15-16-30-19-24-20-36-29(31-24)32-28(33)18-25(22-9-5-3-6-10-22)23-11-7-4-8-12-23/h3-14,17-18,20,30H,15-16,19H2,1-2H3,(H,31,32,33). The third-order valence-corrected chi connectivity index (χ3v) is 6.38. The van der Waals surface area contributed by atoms with Crippen molar-refractivity contribution in [3.05, 3.63) is 113 Å². The van der Waals surface area contributed by atoms with E-state index in [0.717, 1.165) is 52.4 Å². The highest BCUT2D eigenvalue weighted by molar-refractivity contribution is 7.13. The van der Waals surface area contributed by atoms with Crippen molar-refractivity contribution < 1.29 is 14.3 Å². The maximum atomic E-state index is 12.8. The summed E-state index contributed by atoms with van der Waals surface area (Å²) in [6.45, 7) is 1.41. The van der Waals surface area contributed by atoms with Gasteiger partial charge in [0.05, 0.1) is 19.9 Å². The summed E-state index contributed by atoms with van der Waals surface area (Å²) >= 11 is 1.42. The number of ether oxygens (including phenoxy) is 2. The number of aromatic nitrogens is 1. The molecule has 0 bridgehead atoms. The number of hydrogen-bond donors (Lipinski definition) is 2. The monoisotopic (exact) mass is 499 g/mol. The first-order valence-corrected chi connectivity index (χ1v) is 12.5. The topological polar surface area (TPSA) is 72.5 Å². The van der Waals surface area contributed by atoms with Crippen molar-refractivity contribution in [2.75, 3.05) is 26.1 Å². The lowest BCUT2D eigenvalue weighted by Crippen LogP contribution is -2.17. The first kappa shape index (κ1) is 25.2.